The van der Waals surface area contributed by atoms with Gasteiger partial charge in [-0.1, -0.05) is 19.4 Å². The normalized spacial score (nSPS) is 22.8. The van der Waals surface area contributed by atoms with Crippen LogP contribution in [0.25, 0.3) is 9.69 Å². The van der Waals surface area contributed by atoms with E-state index in [1.54, 1.807) is 13.0 Å². The first-order valence-electron chi connectivity index (χ1n) is 8.34. The van der Waals surface area contributed by atoms with E-state index in [1.165, 1.54) is 0 Å². The topological polar surface area (TPSA) is 35.0 Å². The molecule has 4 heteroatoms. The first kappa shape index (κ1) is 19.6. The van der Waals surface area contributed by atoms with Crippen LogP contribution in [0, 0.1) is 42.7 Å². The van der Waals surface area contributed by atoms with Crippen molar-refractivity contribution in [2.24, 2.45) is 17.8 Å². The van der Waals surface area contributed by atoms with E-state index in [9.17, 15) is 4.79 Å². The minimum Gasteiger partial charge on any atom is -0.466 e. The lowest BCUT2D eigenvalue weighted by Gasteiger charge is -2.33. The van der Waals surface area contributed by atoms with Crippen LogP contribution in [0.2, 0.25) is 0 Å². The summed E-state index contributed by atoms with van der Waals surface area (Å²) in [5, 5.41) is 0. The second-order valence-corrected chi connectivity index (χ2v) is 5.89. The molecule has 4 nitrogen and oxygen atoms in total. The van der Waals surface area contributed by atoms with E-state index in [4.69, 9.17) is 17.9 Å². The monoisotopic (exact) mass is 324 g/mol. The molecule has 0 spiro atoms. The molecule has 0 aliphatic heterocycles. The molecule has 1 aliphatic carbocycles. The first-order valence-corrected chi connectivity index (χ1v) is 8.34. The predicted octanol–water partition coefficient (Wildman–Crippen LogP) is 4.26. The van der Waals surface area contributed by atoms with Crippen molar-refractivity contribution in [2.75, 3.05) is 6.61 Å². The summed E-state index contributed by atoms with van der Waals surface area (Å²) in [7, 11) is 0. The highest BCUT2D eigenvalue weighted by molar-refractivity contribution is 5.72. The van der Waals surface area contributed by atoms with E-state index in [1.807, 2.05) is 6.92 Å². The third kappa shape index (κ3) is 4.52. The van der Waals surface area contributed by atoms with Gasteiger partial charge < -0.3 is 4.74 Å². The fourth-order valence-corrected chi connectivity index (χ4v) is 3.31. The van der Waals surface area contributed by atoms with Crippen LogP contribution in [0.1, 0.15) is 46.0 Å². The molecular formula is C20H24N2O2. The average Bonchev–Trinajstić information content (AvgIpc) is 2.60. The Morgan fingerprint density at radius 1 is 1.33 bits per heavy atom. The van der Waals surface area contributed by atoms with Crippen molar-refractivity contribution in [3.63, 3.8) is 0 Å². The number of allylic oxidation sites excluding steroid dienone is 1. The van der Waals surface area contributed by atoms with Crippen LogP contribution in [0.4, 0.5) is 0 Å². The van der Waals surface area contributed by atoms with E-state index in [2.05, 4.69) is 33.8 Å². The summed E-state index contributed by atoms with van der Waals surface area (Å²) in [5.74, 6) is 5.29. The predicted molar refractivity (Wildman–Crippen MR) is 93.3 cm³/mol. The second-order valence-electron chi connectivity index (χ2n) is 5.89. The third-order valence-electron chi connectivity index (χ3n) is 4.48. The maximum Gasteiger partial charge on any atom is 0.496 e. The number of hydrogen-bond acceptors (Lipinski definition) is 2. The zero-order valence-corrected chi connectivity index (χ0v) is 14.5. The number of rotatable bonds is 5. The number of hydrogen-bond donors (Lipinski definition) is 0. The molecule has 0 amide bonds. The van der Waals surface area contributed by atoms with Crippen molar-refractivity contribution in [3.8, 4) is 11.8 Å². The molecule has 3 atom stereocenters. The molecule has 0 heterocycles. The van der Waals surface area contributed by atoms with Gasteiger partial charge in [0.25, 0.3) is 0 Å². The molecule has 1 fully saturated rings. The summed E-state index contributed by atoms with van der Waals surface area (Å²) >= 11 is 0. The number of nitrogens with zero attached hydrogens (tertiary/aromatic N) is 2. The van der Waals surface area contributed by atoms with Gasteiger partial charge in [-0.3, -0.25) is 4.79 Å². The lowest BCUT2D eigenvalue weighted by Crippen LogP contribution is -2.41. The molecule has 0 aromatic heterocycles. The van der Waals surface area contributed by atoms with Gasteiger partial charge in [0.2, 0.25) is 0 Å². The van der Waals surface area contributed by atoms with Gasteiger partial charge in [-0.25, -0.2) is 22.8 Å². The minimum atomic E-state index is -1.19. The summed E-state index contributed by atoms with van der Waals surface area (Å²) in [6.45, 7) is 22.9. The van der Waals surface area contributed by atoms with Crippen molar-refractivity contribution in [1.82, 2.24) is 0 Å². The van der Waals surface area contributed by atoms with Gasteiger partial charge in [0.15, 0.2) is 6.42 Å². The molecule has 1 rings (SSSR count). The third-order valence-corrected chi connectivity index (χ3v) is 4.48. The van der Waals surface area contributed by atoms with E-state index >= 15 is 0 Å². The average molecular weight is 324 g/mol. The van der Waals surface area contributed by atoms with E-state index < -0.39 is 5.66 Å². The lowest BCUT2D eigenvalue weighted by atomic mass is 9.68. The van der Waals surface area contributed by atoms with Gasteiger partial charge in [-0.2, -0.15) is 0 Å². The molecule has 24 heavy (non-hydrogen) atoms. The lowest BCUT2D eigenvalue weighted by molar-refractivity contribution is -0.150. The summed E-state index contributed by atoms with van der Waals surface area (Å²) in [4.78, 5) is 19.4. The number of esters is 1. The van der Waals surface area contributed by atoms with Crippen LogP contribution in [0.15, 0.2) is 18.4 Å². The van der Waals surface area contributed by atoms with Crippen molar-refractivity contribution < 1.29 is 9.53 Å². The molecule has 0 saturated heterocycles. The Kier molecular flexibility index (Phi) is 7.85. The van der Waals surface area contributed by atoms with Crippen LogP contribution < -0.4 is 0 Å². The number of ether oxygens (including phenoxy) is 1. The summed E-state index contributed by atoms with van der Waals surface area (Å²) in [6, 6.07) is 0. The molecular weight excluding hydrogens is 300 g/mol. The second kappa shape index (κ2) is 9.62. The SMILES string of the molecule is [C-]#[N+]C(CC#CCC)([N+]#[C-])C1CC[C@H](C(=O)OCC)CC1C=C=C. The van der Waals surface area contributed by atoms with Gasteiger partial charge in [0.1, 0.15) is 5.92 Å². The van der Waals surface area contributed by atoms with Gasteiger partial charge in [-0.05, 0) is 32.3 Å². The molecule has 0 aromatic rings. The summed E-state index contributed by atoms with van der Waals surface area (Å²) in [6.07, 6.45) is 4.58. The maximum atomic E-state index is 12.0. The van der Waals surface area contributed by atoms with Gasteiger partial charge in [-0.15, -0.1) is 11.7 Å². The molecule has 1 aliphatic rings. The van der Waals surface area contributed by atoms with Crippen LogP contribution in [-0.2, 0) is 9.53 Å². The summed E-state index contributed by atoms with van der Waals surface area (Å²) in [5.41, 5.74) is 1.58. The molecule has 0 N–H and O–H groups in total. The fourth-order valence-electron chi connectivity index (χ4n) is 3.31. The zero-order valence-electron chi connectivity index (χ0n) is 14.5. The summed E-state index contributed by atoms with van der Waals surface area (Å²) < 4.78 is 5.13. The molecule has 0 bridgehead atoms. The van der Waals surface area contributed by atoms with Crippen molar-refractivity contribution in [1.29, 1.82) is 0 Å². The molecule has 0 radical (unpaired) electrons. The maximum absolute atomic E-state index is 12.0. The highest BCUT2D eigenvalue weighted by atomic mass is 16.5. The van der Waals surface area contributed by atoms with Gasteiger partial charge in [0.05, 0.1) is 12.5 Å². The molecule has 126 valence electrons. The van der Waals surface area contributed by atoms with E-state index in [0.29, 0.717) is 32.3 Å². The largest absolute Gasteiger partial charge is 0.496 e. The van der Waals surface area contributed by atoms with Crippen molar-refractivity contribution >= 4 is 5.97 Å². The zero-order chi connectivity index (χ0) is 18.0. The molecule has 1 saturated carbocycles. The fraction of sp³-hybridized carbons (Fsp3) is 0.600. The number of carbonyl (C=O) groups is 1. The van der Waals surface area contributed by atoms with E-state index in [0.717, 1.165) is 0 Å². The number of carbonyl (C=O) groups excluding carboxylic acids is 1. The smallest absolute Gasteiger partial charge is 0.466 e. The van der Waals surface area contributed by atoms with Crippen LogP contribution in [0.3, 0.4) is 0 Å². The Bertz CT molecular complexity index is 621. The van der Waals surface area contributed by atoms with Crippen LogP contribution >= 0.6 is 0 Å². The standard InChI is InChI=1S/C20H24N2O2/c1-6-9-10-14-20(21-4,22-5)18-13-12-17(19(23)24-8-3)15-16(18)11-7-2/h11,16-18H,2,6,8,12-15H2,1,3H3/t16?,17-,18?/m0/s1. The quantitative estimate of drug-likeness (QED) is 0.328. The Morgan fingerprint density at radius 3 is 2.58 bits per heavy atom. The Balaban J connectivity index is 3.08. The first-order chi connectivity index (χ1) is 11.6. The minimum absolute atomic E-state index is 0.0858. The molecule has 2 unspecified atom stereocenters. The highest BCUT2D eigenvalue weighted by Gasteiger charge is 2.56. The Morgan fingerprint density at radius 2 is 2.04 bits per heavy atom. The Labute approximate surface area is 145 Å². The van der Waals surface area contributed by atoms with Gasteiger partial charge >= 0.3 is 11.6 Å². The van der Waals surface area contributed by atoms with Crippen molar-refractivity contribution in [2.45, 2.75) is 51.6 Å². The molecule has 0 aromatic carbocycles. The van der Waals surface area contributed by atoms with Crippen LogP contribution in [-0.4, -0.2) is 18.2 Å². The van der Waals surface area contributed by atoms with Crippen LogP contribution in [0.5, 0.6) is 0 Å². The van der Waals surface area contributed by atoms with E-state index in [-0.39, 0.29) is 30.1 Å². The van der Waals surface area contributed by atoms with Gasteiger partial charge in [0, 0.05) is 12.3 Å². The Hall–Kier alpha value is -2.47. The van der Waals surface area contributed by atoms with Crippen molar-refractivity contribution in [3.05, 3.63) is 41.2 Å². The highest BCUT2D eigenvalue weighted by Crippen LogP contribution is 2.45.